The summed E-state index contributed by atoms with van der Waals surface area (Å²) in [5, 5.41) is 0.824. The molecule has 0 aromatic carbocycles. The van der Waals surface area contributed by atoms with Crippen LogP contribution < -0.4 is 10.6 Å². The predicted octanol–water partition coefficient (Wildman–Crippen LogP) is 1.11. The topological polar surface area (TPSA) is 68.5 Å². The number of hydrogen-bond acceptors (Lipinski definition) is 6. The van der Waals surface area contributed by atoms with E-state index in [0.29, 0.717) is 4.88 Å². The normalized spacial score (nSPS) is 15.7. The number of ether oxygens (including phenoxy) is 1. The molecule has 15 heavy (non-hydrogen) atoms. The number of nitrogens with zero attached hydrogens (tertiary/aromatic N) is 2. The highest BCUT2D eigenvalue weighted by Crippen LogP contribution is 2.30. The van der Waals surface area contributed by atoms with Crippen molar-refractivity contribution < 1.29 is 9.53 Å². The summed E-state index contributed by atoms with van der Waals surface area (Å²) in [5.74, 6) is -0.135. The number of carbonyl (C=O) groups is 1. The minimum atomic E-state index is -0.407. The fourth-order valence-corrected chi connectivity index (χ4v) is 2.56. The van der Waals surface area contributed by atoms with Gasteiger partial charge in [0.05, 0.1) is 7.11 Å². The highest BCUT2D eigenvalue weighted by Gasteiger charge is 2.21. The summed E-state index contributed by atoms with van der Waals surface area (Å²) in [4.78, 5) is 18.0. The molecular weight excluding hydrogens is 214 g/mol. The lowest BCUT2D eigenvalue weighted by Crippen LogP contribution is -2.17. The van der Waals surface area contributed by atoms with Gasteiger partial charge >= 0.3 is 5.97 Å². The van der Waals surface area contributed by atoms with E-state index in [2.05, 4.69) is 14.6 Å². The zero-order valence-electron chi connectivity index (χ0n) is 8.52. The third-order valence-corrected chi connectivity index (χ3v) is 3.50. The molecular formula is C9H13N3O2S. The first-order valence-electron chi connectivity index (χ1n) is 4.82. The minimum absolute atomic E-state index is 0.272. The van der Waals surface area contributed by atoms with E-state index >= 15 is 0 Å². The van der Waals surface area contributed by atoms with Crippen molar-refractivity contribution in [3.8, 4) is 0 Å². The van der Waals surface area contributed by atoms with Crippen LogP contribution in [0.3, 0.4) is 0 Å². The van der Waals surface area contributed by atoms with E-state index in [9.17, 15) is 4.79 Å². The second kappa shape index (κ2) is 4.06. The standard InChI is InChI=1S/C9H13N3O2S/c1-14-8(13)6-7(10)11-9(15-6)12-4-2-3-5-12/h2-5,10H2,1H3. The first kappa shape index (κ1) is 10.2. The zero-order valence-corrected chi connectivity index (χ0v) is 9.34. The highest BCUT2D eigenvalue weighted by molar-refractivity contribution is 7.18. The first-order chi connectivity index (χ1) is 7.22. The molecule has 1 aromatic rings. The third-order valence-electron chi connectivity index (χ3n) is 2.39. The number of carbonyl (C=O) groups excluding carboxylic acids is 1. The van der Waals surface area contributed by atoms with Crippen LogP contribution in [0.25, 0.3) is 0 Å². The SMILES string of the molecule is COC(=O)c1sc(N2CCCC2)nc1N. The Morgan fingerprint density at radius 2 is 2.20 bits per heavy atom. The number of hydrogen-bond donors (Lipinski definition) is 1. The molecule has 2 heterocycles. The molecule has 0 amide bonds. The lowest BCUT2D eigenvalue weighted by Gasteiger charge is -2.11. The maximum Gasteiger partial charge on any atom is 0.351 e. The van der Waals surface area contributed by atoms with E-state index in [1.54, 1.807) is 0 Å². The van der Waals surface area contributed by atoms with E-state index in [0.717, 1.165) is 18.2 Å². The van der Waals surface area contributed by atoms with Crippen molar-refractivity contribution in [1.29, 1.82) is 0 Å². The number of rotatable bonds is 2. The Morgan fingerprint density at radius 3 is 2.80 bits per heavy atom. The molecule has 82 valence electrons. The van der Waals surface area contributed by atoms with Crippen LogP contribution in [0.1, 0.15) is 22.5 Å². The highest BCUT2D eigenvalue weighted by atomic mass is 32.1. The second-order valence-corrected chi connectivity index (χ2v) is 4.37. The van der Waals surface area contributed by atoms with Gasteiger partial charge in [-0.05, 0) is 12.8 Å². The molecule has 0 saturated carbocycles. The van der Waals surface area contributed by atoms with E-state index in [-0.39, 0.29) is 5.82 Å². The van der Waals surface area contributed by atoms with Crippen molar-refractivity contribution in [1.82, 2.24) is 4.98 Å². The van der Waals surface area contributed by atoms with Crippen LogP contribution in [-0.4, -0.2) is 31.2 Å². The van der Waals surface area contributed by atoms with Gasteiger partial charge in [0.2, 0.25) is 0 Å². The minimum Gasteiger partial charge on any atom is -0.465 e. The summed E-state index contributed by atoms with van der Waals surface area (Å²) < 4.78 is 4.63. The van der Waals surface area contributed by atoms with Gasteiger partial charge < -0.3 is 15.4 Å². The van der Waals surface area contributed by atoms with E-state index in [1.807, 2.05) is 0 Å². The average Bonchev–Trinajstić information content (AvgIpc) is 2.84. The Balaban J connectivity index is 2.23. The molecule has 0 aliphatic carbocycles. The summed E-state index contributed by atoms with van der Waals surface area (Å²) in [5.41, 5.74) is 5.66. The number of aromatic nitrogens is 1. The predicted molar refractivity (Wildman–Crippen MR) is 59.3 cm³/mol. The Morgan fingerprint density at radius 1 is 1.53 bits per heavy atom. The number of nitrogen functional groups attached to an aromatic ring is 1. The molecule has 5 nitrogen and oxygen atoms in total. The largest absolute Gasteiger partial charge is 0.465 e. The number of methoxy groups -OCH3 is 1. The number of nitrogens with two attached hydrogens (primary N) is 1. The van der Waals surface area contributed by atoms with Gasteiger partial charge in [-0.25, -0.2) is 9.78 Å². The summed E-state index contributed by atoms with van der Waals surface area (Å²) in [6.45, 7) is 1.99. The Bertz CT molecular complexity index is 371. The Hall–Kier alpha value is -1.30. The van der Waals surface area contributed by atoms with Crippen LogP contribution >= 0.6 is 11.3 Å². The molecule has 1 saturated heterocycles. The molecule has 1 aliphatic heterocycles. The van der Waals surface area contributed by atoms with Gasteiger partial charge in [0.25, 0.3) is 0 Å². The Kier molecular flexibility index (Phi) is 2.77. The van der Waals surface area contributed by atoms with Gasteiger partial charge in [-0.2, -0.15) is 0 Å². The van der Waals surface area contributed by atoms with Crippen molar-refractivity contribution in [2.24, 2.45) is 0 Å². The number of anilines is 2. The smallest absolute Gasteiger partial charge is 0.351 e. The van der Waals surface area contributed by atoms with Crippen LogP contribution in [0, 0.1) is 0 Å². The number of esters is 1. The molecule has 0 radical (unpaired) electrons. The van der Waals surface area contributed by atoms with Gasteiger partial charge in [-0.15, -0.1) is 0 Å². The molecule has 0 unspecified atom stereocenters. The monoisotopic (exact) mass is 227 g/mol. The molecule has 1 fully saturated rings. The molecule has 2 N–H and O–H groups in total. The number of thiazole rings is 1. The van der Waals surface area contributed by atoms with Crippen molar-refractivity contribution in [3.63, 3.8) is 0 Å². The third kappa shape index (κ3) is 1.90. The lowest BCUT2D eigenvalue weighted by atomic mass is 10.4. The molecule has 6 heteroatoms. The molecule has 1 aliphatic rings. The van der Waals surface area contributed by atoms with Crippen LogP contribution in [0.2, 0.25) is 0 Å². The lowest BCUT2D eigenvalue weighted by molar-refractivity contribution is 0.0607. The average molecular weight is 227 g/mol. The van der Waals surface area contributed by atoms with Gasteiger partial charge in [-0.1, -0.05) is 11.3 Å². The van der Waals surface area contributed by atoms with E-state index in [1.165, 1.54) is 31.3 Å². The van der Waals surface area contributed by atoms with Crippen LogP contribution in [-0.2, 0) is 4.74 Å². The van der Waals surface area contributed by atoms with Gasteiger partial charge in [0.1, 0.15) is 0 Å². The van der Waals surface area contributed by atoms with Gasteiger partial charge in [0, 0.05) is 13.1 Å². The van der Waals surface area contributed by atoms with Crippen molar-refractivity contribution in [2.45, 2.75) is 12.8 Å². The van der Waals surface area contributed by atoms with E-state index in [4.69, 9.17) is 5.73 Å². The van der Waals surface area contributed by atoms with E-state index < -0.39 is 5.97 Å². The molecule has 2 rings (SSSR count). The maximum atomic E-state index is 11.3. The van der Waals surface area contributed by atoms with Crippen molar-refractivity contribution >= 4 is 28.3 Å². The van der Waals surface area contributed by atoms with Crippen molar-refractivity contribution in [3.05, 3.63) is 4.88 Å². The summed E-state index contributed by atoms with van der Waals surface area (Å²) in [7, 11) is 1.34. The van der Waals surface area contributed by atoms with Gasteiger partial charge in [0.15, 0.2) is 15.8 Å². The molecule has 0 spiro atoms. The molecule has 0 bridgehead atoms. The Labute approximate surface area is 91.9 Å². The summed E-state index contributed by atoms with van der Waals surface area (Å²) in [6.07, 6.45) is 2.35. The van der Waals surface area contributed by atoms with Crippen LogP contribution in [0.4, 0.5) is 10.9 Å². The summed E-state index contributed by atoms with van der Waals surface area (Å²) in [6, 6.07) is 0. The molecule has 1 aromatic heterocycles. The first-order valence-corrected chi connectivity index (χ1v) is 5.63. The van der Waals surface area contributed by atoms with Gasteiger partial charge in [-0.3, -0.25) is 0 Å². The van der Waals surface area contributed by atoms with Crippen molar-refractivity contribution in [2.75, 3.05) is 30.8 Å². The second-order valence-electron chi connectivity index (χ2n) is 3.40. The zero-order chi connectivity index (χ0) is 10.8. The molecule has 0 atom stereocenters. The van der Waals surface area contributed by atoms with Crippen LogP contribution in [0.5, 0.6) is 0 Å². The quantitative estimate of drug-likeness (QED) is 0.766. The fraction of sp³-hybridized carbons (Fsp3) is 0.556. The van der Waals surface area contributed by atoms with Crippen LogP contribution in [0.15, 0.2) is 0 Å². The maximum absolute atomic E-state index is 11.3. The summed E-state index contributed by atoms with van der Waals surface area (Å²) >= 11 is 1.30. The fourth-order valence-electron chi connectivity index (χ4n) is 1.60.